The number of nitrogen functional groups attached to an aromatic ring is 1. The van der Waals surface area contributed by atoms with E-state index in [2.05, 4.69) is 9.97 Å². The van der Waals surface area contributed by atoms with Crippen LogP contribution in [-0.2, 0) is 13.1 Å². The highest BCUT2D eigenvalue weighted by Crippen LogP contribution is 2.10. The molecule has 0 unspecified atom stereocenters. The van der Waals surface area contributed by atoms with Crippen molar-refractivity contribution in [1.82, 2.24) is 14.9 Å². The number of hydrogen-bond acceptors (Lipinski definition) is 4. The molecule has 18 heavy (non-hydrogen) atoms. The number of benzene rings is 1. The van der Waals surface area contributed by atoms with Gasteiger partial charge in [0.15, 0.2) is 0 Å². The second-order valence-electron chi connectivity index (χ2n) is 4.17. The Labute approximate surface area is 105 Å². The SMILES string of the molecule is CN(Cc1ccnc(N)n1)Cc1ccccc1F. The molecule has 1 aromatic carbocycles. The summed E-state index contributed by atoms with van der Waals surface area (Å²) in [6.45, 7) is 1.12. The lowest BCUT2D eigenvalue weighted by atomic mass is 10.2. The van der Waals surface area contributed by atoms with Gasteiger partial charge >= 0.3 is 0 Å². The van der Waals surface area contributed by atoms with Crippen molar-refractivity contribution in [1.29, 1.82) is 0 Å². The first-order valence-corrected chi connectivity index (χ1v) is 5.64. The number of nitrogens with two attached hydrogens (primary N) is 1. The lowest BCUT2D eigenvalue weighted by molar-refractivity contribution is 0.310. The van der Waals surface area contributed by atoms with Gasteiger partial charge in [-0.3, -0.25) is 4.90 Å². The Morgan fingerprint density at radius 1 is 1.22 bits per heavy atom. The van der Waals surface area contributed by atoms with Gasteiger partial charge in [-0.05, 0) is 19.2 Å². The summed E-state index contributed by atoms with van der Waals surface area (Å²) in [6.07, 6.45) is 1.62. The zero-order valence-electron chi connectivity index (χ0n) is 10.2. The van der Waals surface area contributed by atoms with E-state index in [0.29, 0.717) is 18.7 Å². The van der Waals surface area contributed by atoms with Crippen molar-refractivity contribution in [2.45, 2.75) is 13.1 Å². The van der Waals surface area contributed by atoms with Gasteiger partial charge in [-0.1, -0.05) is 18.2 Å². The van der Waals surface area contributed by atoms with Crippen LogP contribution in [0.25, 0.3) is 0 Å². The molecule has 0 amide bonds. The van der Waals surface area contributed by atoms with Crippen LogP contribution >= 0.6 is 0 Å². The molecule has 0 radical (unpaired) electrons. The predicted octanol–water partition coefficient (Wildman–Crippen LogP) is 1.83. The van der Waals surface area contributed by atoms with Gasteiger partial charge in [-0.2, -0.15) is 0 Å². The first-order chi connectivity index (χ1) is 8.65. The number of aromatic nitrogens is 2. The molecule has 0 fully saturated rings. The molecule has 0 atom stereocenters. The van der Waals surface area contributed by atoms with Crippen LogP contribution in [0.15, 0.2) is 36.5 Å². The summed E-state index contributed by atoms with van der Waals surface area (Å²) >= 11 is 0. The zero-order chi connectivity index (χ0) is 13.0. The summed E-state index contributed by atoms with van der Waals surface area (Å²) in [5.41, 5.74) is 7.00. The Hall–Kier alpha value is -2.01. The number of nitrogens with zero attached hydrogens (tertiary/aromatic N) is 3. The Balaban J connectivity index is 2.01. The average molecular weight is 246 g/mol. The summed E-state index contributed by atoms with van der Waals surface area (Å²) in [6, 6.07) is 8.55. The van der Waals surface area contributed by atoms with Gasteiger partial charge in [0.2, 0.25) is 5.95 Å². The Bertz CT molecular complexity index is 530. The third kappa shape index (κ3) is 3.24. The van der Waals surface area contributed by atoms with Gasteiger partial charge in [0.05, 0.1) is 5.69 Å². The molecule has 4 nitrogen and oxygen atoms in total. The molecule has 0 bridgehead atoms. The topological polar surface area (TPSA) is 55.0 Å². The molecule has 2 N–H and O–H groups in total. The fourth-order valence-corrected chi connectivity index (χ4v) is 1.75. The summed E-state index contributed by atoms with van der Waals surface area (Å²) in [7, 11) is 1.91. The van der Waals surface area contributed by atoms with Crippen LogP contribution in [0.4, 0.5) is 10.3 Å². The van der Waals surface area contributed by atoms with Gasteiger partial charge in [-0.25, -0.2) is 14.4 Å². The number of hydrogen-bond donors (Lipinski definition) is 1. The monoisotopic (exact) mass is 246 g/mol. The van der Waals surface area contributed by atoms with E-state index in [1.54, 1.807) is 24.4 Å². The van der Waals surface area contributed by atoms with Crippen molar-refractivity contribution in [3.63, 3.8) is 0 Å². The standard InChI is InChI=1S/C13H15FN4/c1-18(8-10-4-2-3-5-12(10)14)9-11-6-7-16-13(15)17-11/h2-7H,8-9H2,1H3,(H2,15,16,17). The average Bonchev–Trinajstić information content (AvgIpc) is 2.32. The largest absolute Gasteiger partial charge is 0.368 e. The second-order valence-corrected chi connectivity index (χ2v) is 4.17. The fourth-order valence-electron chi connectivity index (χ4n) is 1.75. The number of anilines is 1. The minimum atomic E-state index is -0.188. The van der Waals surface area contributed by atoms with Gasteiger partial charge in [0, 0.05) is 24.8 Å². The van der Waals surface area contributed by atoms with E-state index in [-0.39, 0.29) is 11.8 Å². The van der Waals surface area contributed by atoms with E-state index in [0.717, 1.165) is 5.69 Å². The zero-order valence-corrected chi connectivity index (χ0v) is 10.2. The van der Waals surface area contributed by atoms with Crippen molar-refractivity contribution in [2.24, 2.45) is 0 Å². The maximum absolute atomic E-state index is 13.5. The van der Waals surface area contributed by atoms with Gasteiger partial charge < -0.3 is 5.73 Å². The van der Waals surface area contributed by atoms with Crippen LogP contribution in [0.2, 0.25) is 0 Å². The lowest BCUT2D eigenvalue weighted by Gasteiger charge is -2.16. The van der Waals surface area contributed by atoms with Crippen molar-refractivity contribution in [3.05, 3.63) is 53.6 Å². The fraction of sp³-hybridized carbons (Fsp3) is 0.231. The first-order valence-electron chi connectivity index (χ1n) is 5.64. The summed E-state index contributed by atoms with van der Waals surface area (Å²) < 4.78 is 13.5. The van der Waals surface area contributed by atoms with E-state index >= 15 is 0 Å². The molecule has 0 spiro atoms. The molecule has 0 aliphatic heterocycles. The molecule has 2 rings (SSSR count). The summed E-state index contributed by atoms with van der Waals surface area (Å²) in [5.74, 6) is 0.0679. The Kier molecular flexibility index (Phi) is 3.84. The van der Waals surface area contributed by atoms with Crippen LogP contribution in [0, 0.1) is 5.82 Å². The lowest BCUT2D eigenvalue weighted by Crippen LogP contribution is -2.19. The van der Waals surface area contributed by atoms with Crippen LogP contribution in [-0.4, -0.2) is 21.9 Å². The van der Waals surface area contributed by atoms with E-state index in [4.69, 9.17) is 5.73 Å². The minimum Gasteiger partial charge on any atom is -0.368 e. The quantitative estimate of drug-likeness (QED) is 0.894. The van der Waals surface area contributed by atoms with Crippen molar-refractivity contribution >= 4 is 5.95 Å². The second kappa shape index (κ2) is 5.55. The molecule has 0 saturated carbocycles. The molecule has 0 aliphatic rings. The summed E-state index contributed by atoms with van der Waals surface area (Å²) in [4.78, 5) is 9.91. The highest BCUT2D eigenvalue weighted by Gasteiger charge is 2.06. The molecule has 0 aliphatic carbocycles. The predicted molar refractivity (Wildman–Crippen MR) is 68.0 cm³/mol. The van der Waals surface area contributed by atoms with Crippen LogP contribution in [0.5, 0.6) is 0 Å². The highest BCUT2D eigenvalue weighted by molar-refractivity contribution is 5.18. The van der Waals surface area contributed by atoms with Gasteiger partial charge in [0.25, 0.3) is 0 Å². The minimum absolute atomic E-state index is 0.188. The van der Waals surface area contributed by atoms with Crippen LogP contribution in [0.1, 0.15) is 11.3 Å². The molecular formula is C13H15FN4. The molecule has 5 heteroatoms. The van der Waals surface area contributed by atoms with Crippen molar-refractivity contribution < 1.29 is 4.39 Å². The van der Waals surface area contributed by atoms with Crippen molar-refractivity contribution in [3.8, 4) is 0 Å². The number of rotatable bonds is 4. The molecule has 0 saturated heterocycles. The van der Waals surface area contributed by atoms with E-state index in [1.165, 1.54) is 6.07 Å². The van der Waals surface area contributed by atoms with Gasteiger partial charge in [-0.15, -0.1) is 0 Å². The molecular weight excluding hydrogens is 231 g/mol. The molecule has 2 aromatic rings. The van der Waals surface area contributed by atoms with E-state index in [1.807, 2.05) is 18.0 Å². The van der Waals surface area contributed by atoms with E-state index in [9.17, 15) is 4.39 Å². The molecule has 94 valence electrons. The molecule has 1 aromatic heterocycles. The first kappa shape index (κ1) is 12.4. The van der Waals surface area contributed by atoms with Crippen molar-refractivity contribution in [2.75, 3.05) is 12.8 Å². The highest BCUT2D eigenvalue weighted by atomic mass is 19.1. The maximum atomic E-state index is 13.5. The molecule has 1 heterocycles. The smallest absolute Gasteiger partial charge is 0.220 e. The normalized spacial score (nSPS) is 10.8. The third-order valence-corrected chi connectivity index (χ3v) is 2.56. The van der Waals surface area contributed by atoms with Crippen LogP contribution < -0.4 is 5.73 Å². The summed E-state index contributed by atoms with van der Waals surface area (Å²) in [5, 5.41) is 0. The van der Waals surface area contributed by atoms with Gasteiger partial charge in [0.1, 0.15) is 5.82 Å². The number of halogens is 1. The third-order valence-electron chi connectivity index (χ3n) is 2.56. The van der Waals surface area contributed by atoms with E-state index < -0.39 is 0 Å². The Morgan fingerprint density at radius 3 is 2.72 bits per heavy atom. The Morgan fingerprint density at radius 2 is 2.00 bits per heavy atom. The maximum Gasteiger partial charge on any atom is 0.220 e. The van der Waals surface area contributed by atoms with Crippen LogP contribution in [0.3, 0.4) is 0 Å².